The van der Waals surface area contributed by atoms with Crippen LogP contribution in [0.1, 0.15) is 37.3 Å². The van der Waals surface area contributed by atoms with Gasteiger partial charge in [0, 0.05) is 25.3 Å². The SMILES string of the molecule is CC(N)CCN(C)c1ccc2c(c1)CCCC2. The van der Waals surface area contributed by atoms with Crippen molar-refractivity contribution >= 4 is 5.69 Å². The van der Waals surface area contributed by atoms with E-state index in [9.17, 15) is 0 Å². The molecule has 0 aromatic heterocycles. The summed E-state index contributed by atoms with van der Waals surface area (Å²) < 4.78 is 0. The zero-order valence-electron chi connectivity index (χ0n) is 11.1. The Hall–Kier alpha value is -1.02. The quantitative estimate of drug-likeness (QED) is 0.865. The number of anilines is 1. The molecule has 2 N–H and O–H groups in total. The minimum atomic E-state index is 0.287. The molecule has 1 atom stereocenters. The van der Waals surface area contributed by atoms with Crippen molar-refractivity contribution in [3.63, 3.8) is 0 Å². The van der Waals surface area contributed by atoms with E-state index < -0.39 is 0 Å². The third kappa shape index (κ3) is 3.22. The van der Waals surface area contributed by atoms with E-state index >= 15 is 0 Å². The van der Waals surface area contributed by atoms with Crippen molar-refractivity contribution in [3.05, 3.63) is 29.3 Å². The van der Waals surface area contributed by atoms with E-state index in [4.69, 9.17) is 5.73 Å². The maximum atomic E-state index is 5.80. The van der Waals surface area contributed by atoms with Gasteiger partial charge in [-0.3, -0.25) is 0 Å². The Kier molecular flexibility index (Phi) is 4.06. The molecule has 17 heavy (non-hydrogen) atoms. The van der Waals surface area contributed by atoms with Gasteiger partial charge in [-0.05, 0) is 62.3 Å². The molecule has 0 saturated carbocycles. The lowest BCUT2D eigenvalue weighted by Crippen LogP contribution is -2.26. The summed E-state index contributed by atoms with van der Waals surface area (Å²) >= 11 is 0. The third-order valence-corrected chi connectivity index (χ3v) is 3.69. The molecule has 1 aromatic rings. The predicted molar refractivity (Wildman–Crippen MR) is 74.6 cm³/mol. The van der Waals surface area contributed by atoms with E-state index in [0.717, 1.165) is 13.0 Å². The Bertz CT molecular complexity index is 371. The van der Waals surface area contributed by atoms with Crippen molar-refractivity contribution in [2.75, 3.05) is 18.5 Å². The van der Waals surface area contributed by atoms with Gasteiger partial charge in [0.1, 0.15) is 0 Å². The topological polar surface area (TPSA) is 29.3 Å². The van der Waals surface area contributed by atoms with Crippen LogP contribution in [0.3, 0.4) is 0 Å². The lowest BCUT2D eigenvalue weighted by Gasteiger charge is -2.23. The zero-order valence-corrected chi connectivity index (χ0v) is 11.1. The van der Waals surface area contributed by atoms with Gasteiger partial charge in [-0.2, -0.15) is 0 Å². The van der Waals surface area contributed by atoms with Gasteiger partial charge in [-0.15, -0.1) is 0 Å². The molecular formula is C15H24N2. The summed E-state index contributed by atoms with van der Waals surface area (Å²) in [6, 6.07) is 7.22. The number of fused-ring (bicyclic) bond motifs is 1. The summed E-state index contributed by atoms with van der Waals surface area (Å²) in [6.45, 7) is 3.11. The first-order valence-corrected chi connectivity index (χ1v) is 6.75. The Morgan fingerprint density at radius 3 is 2.65 bits per heavy atom. The predicted octanol–water partition coefficient (Wildman–Crippen LogP) is 2.74. The van der Waals surface area contributed by atoms with Gasteiger partial charge >= 0.3 is 0 Å². The molecule has 0 bridgehead atoms. The fourth-order valence-electron chi connectivity index (χ4n) is 2.48. The van der Waals surface area contributed by atoms with Crippen LogP contribution in [0.2, 0.25) is 0 Å². The van der Waals surface area contributed by atoms with Crippen molar-refractivity contribution in [2.24, 2.45) is 5.73 Å². The number of nitrogens with two attached hydrogens (primary N) is 1. The molecule has 94 valence electrons. The molecular weight excluding hydrogens is 208 g/mol. The van der Waals surface area contributed by atoms with E-state index in [-0.39, 0.29) is 6.04 Å². The van der Waals surface area contributed by atoms with Crippen LogP contribution in [-0.4, -0.2) is 19.6 Å². The molecule has 0 amide bonds. The van der Waals surface area contributed by atoms with Crippen LogP contribution in [0.5, 0.6) is 0 Å². The Morgan fingerprint density at radius 1 is 1.24 bits per heavy atom. The monoisotopic (exact) mass is 232 g/mol. The number of rotatable bonds is 4. The number of hydrogen-bond acceptors (Lipinski definition) is 2. The maximum absolute atomic E-state index is 5.80. The molecule has 0 aliphatic heterocycles. The smallest absolute Gasteiger partial charge is 0.0366 e. The highest BCUT2D eigenvalue weighted by molar-refractivity contribution is 5.51. The molecule has 0 spiro atoms. The lowest BCUT2D eigenvalue weighted by atomic mass is 9.91. The molecule has 0 heterocycles. The summed E-state index contributed by atoms with van der Waals surface area (Å²) in [4.78, 5) is 2.32. The van der Waals surface area contributed by atoms with Crippen molar-refractivity contribution in [1.82, 2.24) is 0 Å². The summed E-state index contributed by atoms with van der Waals surface area (Å²) in [6.07, 6.45) is 6.27. The molecule has 2 nitrogen and oxygen atoms in total. The average Bonchev–Trinajstić information content (AvgIpc) is 2.35. The van der Waals surface area contributed by atoms with E-state index in [1.54, 1.807) is 11.1 Å². The second-order valence-corrected chi connectivity index (χ2v) is 5.35. The maximum Gasteiger partial charge on any atom is 0.0366 e. The standard InChI is InChI=1S/C15H24N2/c1-12(16)9-10-17(2)15-8-7-13-5-3-4-6-14(13)11-15/h7-8,11-12H,3-6,9-10,16H2,1-2H3. The molecule has 1 aliphatic rings. The molecule has 0 fully saturated rings. The summed E-state index contributed by atoms with van der Waals surface area (Å²) in [5, 5.41) is 0. The van der Waals surface area contributed by atoms with Gasteiger partial charge in [0.05, 0.1) is 0 Å². The number of aryl methyl sites for hydroxylation is 2. The van der Waals surface area contributed by atoms with Crippen molar-refractivity contribution < 1.29 is 0 Å². The first-order chi connectivity index (χ1) is 8.16. The van der Waals surface area contributed by atoms with Crippen LogP contribution < -0.4 is 10.6 Å². The Balaban J connectivity index is 2.05. The van der Waals surface area contributed by atoms with Crippen LogP contribution >= 0.6 is 0 Å². The van der Waals surface area contributed by atoms with Gasteiger partial charge in [0.25, 0.3) is 0 Å². The minimum absolute atomic E-state index is 0.287. The fourth-order valence-corrected chi connectivity index (χ4v) is 2.48. The second kappa shape index (κ2) is 5.54. The number of nitrogens with zero attached hydrogens (tertiary/aromatic N) is 1. The van der Waals surface area contributed by atoms with Crippen molar-refractivity contribution in [2.45, 2.75) is 45.1 Å². The highest BCUT2D eigenvalue weighted by Crippen LogP contribution is 2.25. The van der Waals surface area contributed by atoms with Gasteiger partial charge in [0.15, 0.2) is 0 Å². The van der Waals surface area contributed by atoms with Gasteiger partial charge in [-0.1, -0.05) is 6.07 Å². The first-order valence-electron chi connectivity index (χ1n) is 6.75. The van der Waals surface area contributed by atoms with Gasteiger partial charge in [0.2, 0.25) is 0 Å². The van der Waals surface area contributed by atoms with Crippen LogP contribution in [0.15, 0.2) is 18.2 Å². The average molecular weight is 232 g/mol. The summed E-state index contributed by atoms with van der Waals surface area (Å²) in [7, 11) is 2.16. The fraction of sp³-hybridized carbons (Fsp3) is 0.600. The second-order valence-electron chi connectivity index (χ2n) is 5.35. The summed E-state index contributed by atoms with van der Waals surface area (Å²) in [5.41, 5.74) is 10.3. The lowest BCUT2D eigenvalue weighted by molar-refractivity contribution is 0.657. The Labute approximate surface area is 105 Å². The number of benzene rings is 1. The van der Waals surface area contributed by atoms with Crippen molar-refractivity contribution in [3.8, 4) is 0 Å². The summed E-state index contributed by atoms with van der Waals surface area (Å²) in [5.74, 6) is 0. The minimum Gasteiger partial charge on any atom is -0.375 e. The normalized spacial score (nSPS) is 16.4. The highest BCUT2D eigenvalue weighted by Gasteiger charge is 2.11. The number of hydrogen-bond donors (Lipinski definition) is 1. The van der Waals surface area contributed by atoms with Crippen LogP contribution in [0.25, 0.3) is 0 Å². The molecule has 1 aromatic carbocycles. The van der Waals surface area contributed by atoms with Crippen LogP contribution in [0.4, 0.5) is 5.69 Å². The molecule has 2 heteroatoms. The highest BCUT2D eigenvalue weighted by atomic mass is 15.1. The van der Waals surface area contributed by atoms with Gasteiger partial charge < -0.3 is 10.6 Å². The largest absolute Gasteiger partial charge is 0.375 e. The Morgan fingerprint density at radius 2 is 1.94 bits per heavy atom. The molecule has 0 saturated heterocycles. The third-order valence-electron chi connectivity index (χ3n) is 3.69. The molecule has 1 aliphatic carbocycles. The van der Waals surface area contributed by atoms with E-state index in [0.29, 0.717) is 0 Å². The van der Waals surface area contributed by atoms with Crippen LogP contribution in [-0.2, 0) is 12.8 Å². The van der Waals surface area contributed by atoms with E-state index in [1.807, 2.05) is 0 Å². The van der Waals surface area contributed by atoms with Crippen molar-refractivity contribution in [1.29, 1.82) is 0 Å². The van der Waals surface area contributed by atoms with E-state index in [1.165, 1.54) is 31.4 Å². The van der Waals surface area contributed by atoms with Gasteiger partial charge in [-0.25, -0.2) is 0 Å². The first kappa shape index (κ1) is 12.4. The zero-order chi connectivity index (χ0) is 12.3. The molecule has 2 rings (SSSR count). The van der Waals surface area contributed by atoms with Crippen LogP contribution in [0, 0.1) is 0 Å². The molecule has 1 unspecified atom stereocenters. The van der Waals surface area contributed by atoms with E-state index in [2.05, 4.69) is 37.1 Å². The molecule has 0 radical (unpaired) electrons.